The maximum absolute atomic E-state index is 6.00. The van der Waals surface area contributed by atoms with Crippen molar-refractivity contribution in [3.8, 4) is 0 Å². The maximum atomic E-state index is 6.00. The summed E-state index contributed by atoms with van der Waals surface area (Å²) in [5, 5.41) is 0. The Morgan fingerprint density at radius 3 is 2.48 bits per heavy atom. The van der Waals surface area contributed by atoms with E-state index in [1.54, 1.807) is 6.26 Å². The maximum Gasteiger partial charge on any atom is 0.105 e. The minimum absolute atomic E-state index is 0.370. The predicted octanol–water partition coefficient (Wildman–Crippen LogP) is 3.54. The molecule has 2 aromatic rings. The Kier molecular flexibility index (Phi) is 5.59. The zero-order valence-electron chi connectivity index (χ0n) is 13.3. The summed E-state index contributed by atoms with van der Waals surface area (Å²) in [6.07, 6.45) is 2.82. The van der Waals surface area contributed by atoms with Crippen LogP contribution in [0.1, 0.15) is 36.1 Å². The summed E-state index contributed by atoms with van der Waals surface area (Å²) < 4.78 is 5.37. The fourth-order valence-corrected chi connectivity index (χ4v) is 2.75. The number of hydrogen-bond donors (Lipinski definition) is 1. The van der Waals surface area contributed by atoms with E-state index in [0.717, 1.165) is 18.7 Å². The first-order valence-corrected chi connectivity index (χ1v) is 7.60. The van der Waals surface area contributed by atoms with Crippen molar-refractivity contribution in [2.45, 2.75) is 38.8 Å². The van der Waals surface area contributed by atoms with E-state index in [2.05, 4.69) is 49.2 Å². The lowest BCUT2D eigenvalue weighted by Gasteiger charge is -2.29. The van der Waals surface area contributed by atoms with Crippen LogP contribution in [0.5, 0.6) is 0 Å². The van der Waals surface area contributed by atoms with E-state index in [1.165, 1.54) is 11.1 Å². The molecule has 0 saturated carbocycles. The van der Waals surface area contributed by atoms with Crippen LogP contribution in [0.3, 0.4) is 0 Å². The lowest BCUT2D eigenvalue weighted by atomic mass is 9.93. The van der Waals surface area contributed by atoms with Gasteiger partial charge >= 0.3 is 0 Å². The quantitative estimate of drug-likeness (QED) is 0.846. The van der Waals surface area contributed by atoms with E-state index >= 15 is 0 Å². The first-order chi connectivity index (χ1) is 10.1. The van der Waals surface area contributed by atoms with Crippen molar-refractivity contribution in [1.29, 1.82) is 0 Å². The lowest BCUT2D eigenvalue weighted by Crippen LogP contribution is -2.38. The molecule has 0 aliphatic rings. The largest absolute Gasteiger partial charge is 0.469 e. The van der Waals surface area contributed by atoms with Gasteiger partial charge in [-0.05, 0) is 37.9 Å². The van der Waals surface area contributed by atoms with E-state index < -0.39 is 0 Å². The smallest absolute Gasteiger partial charge is 0.105 e. The molecule has 3 heteroatoms. The highest BCUT2D eigenvalue weighted by atomic mass is 16.3. The Hall–Kier alpha value is -1.58. The van der Waals surface area contributed by atoms with Gasteiger partial charge in [0.2, 0.25) is 0 Å². The molecule has 114 valence electrons. The standard InChI is InChI=1S/C18H26N2O/c1-14(16-7-5-4-6-8-16)11-18(12-19)20(3)13-17-9-10-21-15(17)2/h4-10,14,18H,11-13,19H2,1-3H3. The monoisotopic (exact) mass is 286 g/mol. The first-order valence-electron chi connectivity index (χ1n) is 7.60. The molecule has 1 heterocycles. The van der Waals surface area contributed by atoms with Crippen molar-refractivity contribution in [1.82, 2.24) is 4.90 Å². The molecular weight excluding hydrogens is 260 g/mol. The average Bonchev–Trinajstić information content (AvgIpc) is 2.90. The minimum Gasteiger partial charge on any atom is -0.469 e. The number of hydrogen-bond acceptors (Lipinski definition) is 3. The lowest BCUT2D eigenvalue weighted by molar-refractivity contribution is 0.218. The summed E-state index contributed by atoms with van der Waals surface area (Å²) in [7, 11) is 2.14. The van der Waals surface area contributed by atoms with Crippen LogP contribution in [-0.4, -0.2) is 24.5 Å². The molecule has 0 spiro atoms. The Labute approximate surface area is 127 Å². The summed E-state index contributed by atoms with van der Waals surface area (Å²) in [4.78, 5) is 2.33. The number of likely N-dealkylation sites (N-methyl/N-ethyl adjacent to an activating group) is 1. The molecule has 0 fully saturated rings. The average molecular weight is 286 g/mol. The van der Waals surface area contributed by atoms with Gasteiger partial charge in [-0.2, -0.15) is 0 Å². The number of furan rings is 1. The molecule has 0 saturated heterocycles. The van der Waals surface area contributed by atoms with Crippen molar-refractivity contribution < 1.29 is 4.42 Å². The second-order valence-electron chi connectivity index (χ2n) is 5.85. The van der Waals surface area contributed by atoms with E-state index in [4.69, 9.17) is 10.2 Å². The van der Waals surface area contributed by atoms with Crippen molar-refractivity contribution in [2.75, 3.05) is 13.6 Å². The molecule has 2 rings (SSSR count). The number of rotatable bonds is 7. The van der Waals surface area contributed by atoms with Crippen LogP contribution in [0.2, 0.25) is 0 Å². The fourth-order valence-electron chi connectivity index (χ4n) is 2.75. The van der Waals surface area contributed by atoms with Gasteiger partial charge in [0.25, 0.3) is 0 Å². The molecule has 0 aliphatic heterocycles. The third-order valence-corrected chi connectivity index (χ3v) is 4.28. The number of benzene rings is 1. The highest BCUT2D eigenvalue weighted by Gasteiger charge is 2.18. The molecule has 1 aromatic carbocycles. The predicted molar refractivity (Wildman–Crippen MR) is 87.2 cm³/mol. The van der Waals surface area contributed by atoms with E-state index in [9.17, 15) is 0 Å². The number of nitrogens with zero attached hydrogens (tertiary/aromatic N) is 1. The number of nitrogens with two attached hydrogens (primary N) is 1. The minimum atomic E-state index is 0.370. The van der Waals surface area contributed by atoms with Gasteiger partial charge in [0, 0.05) is 24.7 Å². The van der Waals surface area contributed by atoms with Gasteiger partial charge in [-0.3, -0.25) is 4.90 Å². The normalized spacial score (nSPS) is 14.3. The van der Waals surface area contributed by atoms with E-state index in [1.807, 2.05) is 13.0 Å². The van der Waals surface area contributed by atoms with E-state index in [0.29, 0.717) is 18.5 Å². The van der Waals surface area contributed by atoms with Crippen LogP contribution < -0.4 is 5.73 Å². The summed E-state index contributed by atoms with van der Waals surface area (Å²) in [5.74, 6) is 1.50. The second-order valence-corrected chi connectivity index (χ2v) is 5.85. The van der Waals surface area contributed by atoms with Crippen LogP contribution >= 0.6 is 0 Å². The SMILES string of the molecule is Cc1occc1CN(C)C(CN)CC(C)c1ccccc1. The van der Waals surface area contributed by atoms with Crippen LogP contribution in [0, 0.1) is 6.92 Å². The summed E-state index contributed by atoms with van der Waals surface area (Å²) in [6.45, 7) is 5.83. The topological polar surface area (TPSA) is 42.4 Å². The fraction of sp³-hybridized carbons (Fsp3) is 0.444. The van der Waals surface area contributed by atoms with Crippen LogP contribution in [-0.2, 0) is 6.54 Å². The van der Waals surface area contributed by atoms with Crippen molar-refractivity contribution in [3.63, 3.8) is 0 Å². The number of aryl methyl sites for hydroxylation is 1. The molecule has 2 atom stereocenters. The van der Waals surface area contributed by atoms with Gasteiger partial charge in [0.1, 0.15) is 5.76 Å². The van der Waals surface area contributed by atoms with E-state index in [-0.39, 0.29) is 0 Å². The zero-order valence-corrected chi connectivity index (χ0v) is 13.3. The van der Waals surface area contributed by atoms with Gasteiger partial charge < -0.3 is 10.2 Å². The van der Waals surface area contributed by atoms with Gasteiger partial charge in [-0.1, -0.05) is 37.3 Å². The van der Waals surface area contributed by atoms with Crippen molar-refractivity contribution in [2.24, 2.45) is 5.73 Å². The Morgan fingerprint density at radius 1 is 1.19 bits per heavy atom. The molecule has 21 heavy (non-hydrogen) atoms. The summed E-state index contributed by atoms with van der Waals surface area (Å²) >= 11 is 0. The van der Waals surface area contributed by atoms with Crippen LogP contribution in [0.25, 0.3) is 0 Å². The highest BCUT2D eigenvalue weighted by molar-refractivity contribution is 5.19. The molecule has 2 N–H and O–H groups in total. The van der Waals surface area contributed by atoms with Gasteiger partial charge in [0.05, 0.1) is 6.26 Å². The zero-order chi connectivity index (χ0) is 15.2. The molecule has 0 amide bonds. The molecule has 3 nitrogen and oxygen atoms in total. The van der Waals surface area contributed by atoms with Gasteiger partial charge in [-0.15, -0.1) is 0 Å². The Balaban J connectivity index is 1.97. The van der Waals surface area contributed by atoms with Gasteiger partial charge in [-0.25, -0.2) is 0 Å². The van der Waals surface area contributed by atoms with Crippen molar-refractivity contribution >= 4 is 0 Å². The molecule has 0 bridgehead atoms. The second kappa shape index (κ2) is 7.43. The van der Waals surface area contributed by atoms with Crippen LogP contribution in [0.4, 0.5) is 0 Å². The molecule has 0 aliphatic carbocycles. The molecule has 1 aromatic heterocycles. The molecular formula is C18H26N2O. The Morgan fingerprint density at radius 2 is 1.90 bits per heavy atom. The highest BCUT2D eigenvalue weighted by Crippen LogP contribution is 2.23. The Bertz CT molecular complexity index is 535. The first kappa shape index (κ1) is 15.8. The third-order valence-electron chi connectivity index (χ3n) is 4.28. The van der Waals surface area contributed by atoms with Crippen LogP contribution in [0.15, 0.2) is 47.1 Å². The van der Waals surface area contributed by atoms with Gasteiger partial charge in [0.15, 0.2) is 0 Å². The molecule has 2 unspecified atom stereocenters. The summed E-state index contributed by atoms with van der Waals surface area (Å²) in [6, 6.07) is 13.1. The summed E-state index contributed by atoms with van der Waals surface area (Å²) in [5.41, 5.74) is 8.62. The third kappa shape index (κ3) is 4.19. The molecule has 0 radical (unpaired) electrons. The van der Waals surface area contributed by atoms with Crippen molar-refractivity contribution in [3.05, 3.63) is 59.5 Å².